The average Bonchev–Trinajstić information content (AvgIpc) is 2.79. The number of carbonyl (C=O) groups excluding carboxylic acids is 1. The molecule has 0 saturated carbocycles. The molecule has 0 spiro atoms. The van der Waals surface area contributed by atoms with Gasteiger partial charge >= 0.3 is 6.03 Å². The van der Waals surface area contributed by atoms with Crippen LogP contribution in [0.4, 0.5) is 21.9 Å². The van der Waals surface area contributed by atoms with Crippen LogP contribution in [0.3, 0.4) is 0 Å². The van der Waals surface area contributed by atoms with E-state index < -0.39 is 0 Å². The lowest BCUT2D eigenvalue weighted by molar-refractivity contribution is -0.0277. The Hall–Kier alpha value is -3.52. The highest BCUT2D eigenvalue weighted by Gasteiger charge is 2.27. The van der Waals surface area contributed by atoms with Crippen LogP contribution in [-0.2, 0) is 4.74 Å². The first-order valence-electron chi connectivity index (χ1n) is 11.1. The molecule has 8 nitrogen and oxygen atoms in total. The van der Waals surface area contributed by atoms with E-state index in [-0.39, 0.29) is 11.6 Å². The molecule has 0 bridgehead atoms. The fourth-order valence-electron chi connectivity index (χ4n) is 3.91. The second kappa shape index (κ2) is 9.54. The first-order chi connectivity index (χ1) is 15.9. The maximum Gasteiger partial charge on any atom is 0.323 e. The van der Waals surface area contributed by atoms with Gasteiger partial charge in [-0.05, 0) is 57.2 Å². The van der Waals surface area contributed by atoms with E-state index in [0.717, 1.165) is 29.7 Å². The van der Waals surface area contributed by atoms with Gasteiger partial charge in [0.25, 0.3) is 0 Å². The zero-order valence-corrected chi connectivity index (χ0v) is 19.5. The summed E-state index contributed by atoms with van der Waals surface area (Å²) in [5.74, 6) is 1.18. The third kappa shape index (κ3) is 5.46. The number of benzene rings is 2. The molecule has 174 valence electrons. The zero-order chi connectivity index (χ0) is 23.4. The van der Waals surface area contributed by atoms with Crippen LogP contribution in [0, 0.1) is 0 Å². The number of ether oxygens (including phenoxy) is 3. The molecule has 1 aromatic heterocycles. The third-order valence-corrected chi connectivity index (χ3v) is 5.43. The summed E-state index contributed by atoms with van der Waals surface area (Å²) in [5, 5.41) is 6.68. The first kappa shape index (κ1) is 22.7. The third-order valence-electron chi connectivity index (χ3n) is 5.43. The van der Waals surface area contributed by atoms with Crippen molar-refractivity contribution in [1.29, 1.82) is 0 Å². The number of carbonyl (C=O) groups is 1. The molecule has 1 fully saturated rings. The second-order valence-corrected chi connectivity index (χ2v) is 8.48. The number of urea groups is 1. The van der Waals surface area contributed by atoms with Crippen molar-refractivity contribution >= 4 is 34.0 Å². The highest BCUT2D eigenvalue weighted by molar-refractivity contribution is 6.02. The number of nitrogens with one attached hydrogen (secondary N) is 2. The van der Waals surface area contributed by atoms with Crippen LogP contribution in [0.15, 0.2) is 48.5 Å². The first-order valence-corrected chi connectivity index (χ1v) is 11.1. The number of morpholine rings is 1. The maximum atomic E-state index is 12.7. The molecule has 0 atom stereocenters. The second-order valence-electron chi connectivity index (χ2n) is 8.48. The van der Waals surface area contributed by atoms with Crippen LogP contribution in [-0.4, -0.2) is 50.0 Å². The van der Waals surface area contributed by atoms with E-state index in [0.29, 0.717) is 36.2 Å². The fraction of sp³-hybridized carbons (Fsp3) is 0.360. The number of aromatic nitrogens is 1. The number of anilines is 3. The molecular weight excluding hydrogens is 420 g/mol. The summed E-state index contributed by atoms with van der Waals surface area (Å²) < 4.78 is 16.8. The standard InChI is InChI=1S/C25H30N4O4/c1-5-32-22-15-19(29-12-13-33-25(2,3)16-29)8-10-21(22)28-24(30)26-18-7-9-20-17(14-18)6-11-23(27-20)31-4/h6-11,14-15H,5,12-13,16H2,1-4H3,(H2,26,28,30). The predicted molar refractivity (Wildman–Crippen MR) is 131 cm³/mol. The molecule has 0 unspecified atom stereocenters. The number of rotatable bonds is 6. The molecule has 1 aliphatic heterocycles. The largest absolute Gasteiger partial charge is 0.492 e. The summed E-state index contributed by atoms with van der Waals surface area (Å²) in [4.78, 5) is 19.4. The number of amides is 2. The van der Waals surface area contributed by atoms with Crippen LogP contribution >= 0.6 is 0 Å². The van der Waals surface area contributed by atoms with E-state index in [1.165, 1.54) is 0 Å². The number of nitrogens with zero attached hydrogens (tertiary/aromatic N) is 2. The molecule has 4 rings (SSSR count). The average molecular weight is 451 g/mol. The number of hydrogen-bond acceptors (Lipinski definition) is 6. The van der Waals surface area contributed by atoms with Crippen LogP contribution in [0.1, 0.15) is 20.8 Å². The SMILES string of the molecule is CCOc1cc(N2CCOC(C)(C)C2)ccc1NC(=O)Nc1ccc2nc(OC)ccc2c1. The normalized spacial score (nSPS) is 15.2. The Labute approximate surface area is 193 Å². The Balaban J connectivity index is 1.48. The van der Waals surface area contributed by atoms with Gasteiger partial charge in [0.15, 0.2) is 0 Å². The van der Waals surface area contributed by atoms with Crippen molar-refractivity contribution in [1.82, 2.24) is 4.98 Å². The summed E-state index contributed by atoms with van der Waals surface area (Å²) >= 11 is 0. The lowest BCUT2D eigenvalue weighted by Gasteiger charge is -2.39. The van der Waals surface area contributed by atoms with Crippen LogP contribution in [0.25, 0.3) is 10.9 Å². The molecule has 2 heterocycles. The van der Waals surface area contributed by atoms with E-state index in [1.807, 2.05) is 43.3 Å². The number of pyridine rings is 1. The van der Waals surface area contributed by atoms with Gasteiger partial charge in [-0.15, -0.1) is 0 Å². The van der Waals surface area contributed by atoms with Crippen LogP contribution in [0.2, 0.25) is 0 Å². The van der Waals surface area contributed by atoms with E-state index in [2.05, 4.69) is 34.4 Å². The number of hydrogen-bond donors (Lipinski definition) is 2. The molecule has 0 radical (unpaired) electrons. The lowest BCUT2D eigenvalue weighted by Crippen LogP contribution is -2.48. The summed E-state index contributed by atoms with van der Waals surface area (Å²) in [6.45, 7) is 8.86. The minimum atomic E-state index is -0.350. The topological polar surface area (TPSA) is 85.0 Å². The molecule has 1 saturated heterocycles. The van der Waals surface area contributed by atoms with Crippen molar-refractivity contribution in [3.63, 3.8) is 0 Å². The molecule has 2 amide bonds. The lowest BCUT2D eigenvalue weighted by atomic mass is 10.1. The van der Waals surface area contributed by atoms with Gasteiger partial charge in [0, 0.05) is 42.0 Å². The Kier molecular flexibility index (Phi) is 6.55. The molecule has 33 heavy (non-hydrogen) atoms. The summed E-state index contributed by atoms with van der Waals surface area (Å²) in [5.41, 5.74) is 2.90. The van der Waals surface area contributed by atoms with Gasteiger partial charge < -0.3 is 29.7 Å². The van der Waals surface area contributed by atoms with Gasteiger partial charge in [-0.25, -0.2) is 9.78 Å². The fourth-order valence-corrected chi connectivity index (χ4v) is 3.91. The van der Waals surface area contributed by atoms with E-state index in [4.69, 9.17) is 14.2 Å². The Bertz CT molecular complexity index is 1150. The van der Waals surface area contributed by atoms with E-state index in [1.54, 1.807) is 19.2 Å². The highest BCUT2D eigenvalue weighted by atomic mass is 16.5. The van der Waals surface area contributed by atoms with Gasteiger partial charge in [0.2, 0.25) is 5.88 Å². The van der Waals surface area contributed by atoms with E-state index >= 15 is 0 Å². The van der Waals surface area contributed by atoms with Crippen molar-refractivity contribution in [2.45, 2.75) is 26.4 Å². The van der Waals surface area contributed by atoms with Gasteiger partial charge in [-0.2, -0.15) is 0 Å². The van der Waals surface area contributed by atoms with Crippen LogP contribution in [0.5, 0.6) is 11.6 Å². The monoisotopic (exact) mass is 450 g/mol. The molecule has 3 aromatic rings. The summed E-state index contributed by atoms with van der Waals surface area (Å²) in [7, 11) is 1.58. The number of methoxy groups -OCH3 is 1. The van der Waals surface area contributed by atoms with Crippen molar-refractivity contribution in [2.24, 2.45) is 0 Å². The Morgan fingerprint density at radius 3 is 2.76 bits per heavy atom. The van der Waals surface area contributed by atoms with Gasteiger partial charge in [0.1, 0.15) is 5.75 Å². The van der Waals surface area contributed by atoms with Gasteiger partial charge in [-0.1, -0.05) is 0 Å². The minimum absolute atomic E-state index is 0.207. The maximum absolute atomic E-state index is 12.7. The Morgan fingerprint density at radius 2 is 2.00 bits per heavy atom. The van der Waals surface area contributed by atoms with Gasteiger partial charge in [-0.3, -0.25) is 0 Å². The molecular formula is C25H30N4O4. The Morgan fingerprint density at radius 1 is 1.15 bits per heavy atom. The van der Waals surface area contributed by atoms with Crippen molar-refractivity contribution in [3.05, 3.63) is 48.5 Å². The summed E-state index contributed by atoms with van der Waals surface area (Å²) in [6.07, 6.45) is 0. The van der Waals surface area contributed by atoms with Crippen molar-refractivity contribution in [2.75, 3.05) is 48.9 Å². The van der Waals surface area contributed by atoms with Crippen LogP contribution < -0.4 is 25.0 Å². The molecule has 2 N–H and O–H groups in total. The predicted octanol–water partition coefficient (Wildman–Crippen LogP) is 4.90. The van der Waals surface area contributed by atoms with Crippen molar-refractivity contribution < 1.29 is 19.0 Å². The number of fused-ring (bicyclic) bond motifs is 1. The molecule has 1 aliphatic rings. The highest BCUT2D eigenvalue weighted by Crippen LogP contribution is 2.32. The summed E-state index contributed by atoms with van der Waals surface area (Å²) in [6, 6.07) is 14.7. The van der Waals surface area contributed by atoms with Gasteiger partial charge in [0.05, 0.1) is 37.1 Å². The molecule has 2 aromatic carbocycles. The smallest absolute Gasteiger partial charge is 0.323 e. The zero-order valence-electron chi connectivity index (χ0n) is 19.5. The van der Waals surface area contributed by atoms with E-state index in [9.17, 15) is 4.79 Å². The molecule has 0 aliphatic carbocycles. The molecule has 8 heteroatoms. The quantitative estimate of drug-likeness (QED) is 0.556. The van der Waals surface area contributed by atoms with Crippen molar-refractivity contribution in [3.8, 4) is 11.6 Å². The minimum Gasteiger partial charge on any atom is -0.492 e.